The van der Waals surface area contributed by atoms with Gasteiger partial charge < -0.3 is 15.2 Å². The Hall–Kier alpha value is -2.86. The largest absolute Gasteiger partial charge is 0.489 e. The third-order valence-corrected chi connectivity index (χ3v) is 4.38. The molecule has 0 saturated carbocycles. The van der Waals surface area contributed by atoms with Gasteiger partial charge >= 0.3 is 5.97 Å². The lowest BCUT2D eigenvalue weighted by atomic mass is 10.1. The summed E-state index contributed by atoms with van der Waals surface area (Å²) >= 11 is 0. The summed E-state index contributed by atoms with van der Waals surface area (Å²) in [4.78, 5) is 24.9. The van der Waals surface area contributed by atoms with E-state index in [9.17, 15) is 9.59 Å². The molecule has 3 rings (SSSR count). The number of rotatable bonds is 7. The molecule has 1 unspecified atom stereocenters. The summed E-state index contributed by atoms with van der Waals surface area (Å²) in [7, 11) is 0. The van der Waals surface area contributed by atoms with Crippen LogP contribution in [0.1, 0.15) is 12.0 Å². The van der Waals surface area contributed by atoms with Crippen LogP contribution in [0.2, 0.25) is 0 Å². The van der Waals surface area contributed by atoms with Crippen molar-refractivity contribution in [2.45, 2.75) is 13.0 Å². The van der Waals surface area contributed by atoms with E-state index in [4.69, 9.17) is 9.84 Å². The van der Waals surface area contributed by atoms with E-state index in [0.717, 1.165) is 11.3 Å². The third kappa shape index (κ3) is 5.07. The summed E-state index contributed by atoms with van der Waals surface area (Å²) in [6, 6.07) is 17.1. The maximum Gasteiger partial charge on any atom is 0.307 e. The zero-order valence-electron chi connectivity index (χ0n) is 14.4. The van der Waals surface area contributed by atoms with E-state index in [1.807, 2.05) is 47.4 Å². The minimum absolute atomic E-state index is 0.144. The SMILES string of the molecule is O=C(CN1CCC(C(=O)O)C1)Nc1ccc(OCc2ccccc2)cc1. The lowest BCUT2D eigenvalue weighted by Crippen LogP contribution is -2.32. The fourth-order valence-corrected chi connectivity index (χ4v) is 2.96. The number of nitrogens with zero attached hydrogens (tertiary/aromatic N) is 1. The Bertz CT molecular complexity index is 746. The number of amides is 1. The number of hydrogen-bond acceptors (Lipinski definition) is 4. The van der Waals surface area contributed by atoms with Gasteiger partial charge in [-0.15, -0.1) is 0 Å². The topological polar surface area (TPSA) is 78.9 Å². The molecule has 2 aromatic rings. The van der Waals surface area contributed by atoms with Gasteiger partial charge in [0.2, 0.25) is 5.91 Å². The lowest BCUT2D eigenvalue weighted by Gasteiger charge is -2.15. The summed E-state index contributed by atoms with van der Waals surface area (Å²) in [5, 5.41) is 11.8. The number of carboxylic acids is 1. The molecule has 136 valence electrons. The molecular weight excluding hydrogens is 332 g/mol. The highest BCUT2D eigenvalue weighted by molar-refractivity contribution is 5.92. The number of likely N-dealkylation sites (tertiary alicyclic amines) is 1. The summed E-state index contributed by atoms with van der Waals surface area (Å²) in [6.07, 6.45) is 0.593. The molecule has 0 aromatic heterocycles. The number of carbonyl (C=O) groups is 2. The quantitative estimate of drug-likeness (QED) is 0.799. The molecule has 2 N–H and O–H groups in total. The van der Waals surface area contributed by atoms with Gasteiger partial charge in [0.25, 0.3) is 0 Å². The number of aliphatic carboxylic acids is 1. The second kappa shape index (κ2) is 8.49. The van der Waals surface area contributed by atoms with Crippen molar-refractivity contribution in [3.05, 3.63) is 60.2 Å². The fourth-order valence-electron chi connectivity index (χ4n) is 2.96. The van der Waals surface area contributed by atoms with Crippen molar-refractivity contribution >= 4 is 17.6 Å². The summed E-state index contributed by atoms with van der Waals surface area (Å²) < 4.78 is 5.72. The van der Waals surface area contributed by atoms with Crippen LogP contribution in [0.5, 0.6) is 5.75 Å². The van der Waals surface area contributed by atoms with Crippen LogP contribution in [-0.2, 0) is 16.2 Å². The van der Waals surface area contributed by atoms with E-state index < -0.39 is 5.97 Å². The molecule has 1 atom stereocenters. The molecule has 1 aliphatic rings. The summed E-state index contributed by atoms with van der Waals surface area (Å²) in [5.74, 6) is -0.576. The van der Waals surface area contributed by atoms with Crippen LogP contribution in [0.3, 0.4) is 0 Å². The van der Waals surface area contributed by atoms with Gasteiger partial charge in [0.15, 0.2) is 0 Å². The lowest BCUT2D eigenvalue weighted by molar-refractivity contribution is -0.141. The molecule has 1 amide bonds. The Morgan fingerprint density at radius 2 is 1.85 bits per heavy atom. The van der Waals surface area contributed by atoms with Crippen molar-refractivity contribution in [3.8, 4) is 5.75 Å². The Labute approximate surface area is 152 Å². The van der Waals surface area contributed by atoms with Crippen LogP contribution < -0.4 is 10.1 Å². The number of carboxylic acid groups (broad SMARTS) is 1. The first-order valence-electron chi connectivity index (χ1n) is 8.62. The van der Waals surface area contributed by atoms with Crippen LogP contribution >= 0.6 is 0 Å². The monoisotopic (exact) mass is 354 g/mol. The molecular formula is C20H22N2O4. The van der Waals surface area contributed by atoms with E-state index in [-0.39, 0.29) is 18.4 Å². The first-order valence-corrected chi connectivity index (χ1v) is 8.62. The first kappa shape index (κ1) is 17.9. The van der Waals surface area contributed by atoms with Gasteiger partial charge in [0, 0.05) is 12.2 Å². The molecule has 1 heterocycles. The zero-order valence-corrected chi connectivity index (χ0v) is 14.4. The van der Waals surface area contributed by atoms with Gasteiger partial charge in [-0.3, -0.25) is 14.5 Å². The van der Waals surface area contributed by atoms with Gasteiger partial charge in [-0.25, -0.2) is 0 Å². The van der Waals surface area contributed by atoms with Crippen molar-refractivity contribution in [1.82, 2.24) is 4.90 Å². The van der Waals surface area contributed by atoms with E-state index in [2.05, 4.69) is 5.32 Å². The van der Waals surface area contributed by atoms with E-state index in [1.165, 1.54) is 0 Å². The number of ether oxygens (including phenoxy) is 1. The van der Waals surface area contributed by atoms with Crippen LogP contribution in [0.25, 0.3) is 0 Å². The highest BCUT2D eigenvalue weighted by Gasteiger charge is 2.28. The highest BCUT2D eigenvalue weighted by atomic mass is 16.5. The molecule has 1 fully saturated rings. The van der Waals surface area contributed by atoms with Crippen LogP contribution in [-0.4, -0.2) is 41.5 Å². The Kier molecular flexibility index (Phi) is 5.86. The minimum atomic E-state index is -0.793. The standard InChI is InChI=1S/C20H22N2O4/c23-19(13-22-11-10-16(12-22)20(24)25)21-17-6-8-18(9-7-17)26-14-15-4-2-1-3-5-15/h1-9,16H,10-14H2,(H,21,23)(H,24,25). The molecule has 1 saturated heterocycles. The Morgan fingerprint density at radius 3 is 2.50 bits per heavy atom. The number of nitrogens with one attached hydrogen (secondary N) is 1. The molecule has 0 radical (unpaired) electrons. The summed E-state index contributed by atoms with van der Waals surface area (Å²) in [5.41, 5.74) is 1.78. The number of hydrogen-bond donors (Lipinski definition) is 2. The third-order valence-electron chi connectivity index (χ3n) is 4.38. The van der Waals surface area contributed by atoms with Crippen molar-refractivity contribution in [2.75, 3.05) is 25.0 Å². The molecule has 26 heavy (non-hydrogen) atoms. The molecule has 0 aliphatic carbocycles. The smallest absolute Gasteiger partial charge is 0.307 e. The van der Waals surface area contributed by atoms with Crippen molar-refractivity contribution in [3.63, 3.8) is 0 Å². The minimum Gasteiger partial charge on any atom is -0.489 e. The van der Waals surface area contributed by atoms with E-state index in [1.54, 1.807) is 12.1 Å². The normalized spacial score (nSPS) is 17.0. The molecule has 2 aromatic carbocycles. The van der Waals surface area contributed by atoms with Crippen LogP contribution in [0, 0.1) is 5.92 Å². The van der Waals surface area contributed by atoms with E-state index in [0.29, 0.717) is 31.8 Å². The van der Waals surface area contributed by atoms with Gasteiger partial charge in [0.05, 0.1) is 12.5 Å². The maximum atomic E-state index is 12.1. The molecule has 0 spiro atoms. The number of anilines is 1. The van der Waals surface area contributed by atoms with Gasteiger partial charge in [-0.2, -0.15) is 0 Å². The van der Waals surface area contributed by atoms with Gasteiger partial charge in [-0.1, -0.05) is 30.3 Å². The van der Waals surface area contributed by atoms with Crippen LogP contribution in [0.4, 0.5) is 5.69 Å². The average molecular weight is 354 g/mol. The highest BCUT2D eigenvalue weighted by Crippen LogP contribution is 2.18. The van der Waals surface area contributed by atoms with Crippen molar-refractivity contribution in [1.29, 1.82) is 0 Å². The Balaban J connectivity index is 1.45. The maximum absolute atomic E-state index is 12.1. The first-order chi connectivity index (χ1) is 12.6. The van der Waals surface area contributed by atoms with Crippen LogP contribution in [0.15, 0.2) is 54.6 Å². The zero-order chi connectivity index (χ0) is 18.4. The molecule has 1 aliphatic heterocycles. The fraction of sp³-hybridized carbons (Fsp3) is 0.300. The van der Waals surface area contributed by atoms with Gasteiger partial charge in [-0.05, 0) is 42.8 Å². The van der Waals surface area contributed by atoms with E-state index >= 15 is 0 Å². The molecule has 6 heteroatoms. The second-order valence-electron chi connectivity index (χ2n) is 6.41. The Morgan fingerprint density at radius 1 is 1.12 bits per heavy atom. The predicted octanol–water partition coefficient (Wildman–Crippen LogP) is 2.61. The number of carbonyl (C=O) groups excluding carboxylic acids is 1. The molecule has 6 nitrogen and oxygen atoms in total. The van der Waals surface area contributed by atoms with Crippen molar-refractivity contribution in [2.24, 2.45) is 5.92 Å². The molecule has 0 bridgehead atoms. The number of benzene rings is 2. The predicted molar refractivity (Wildman–Crippen MR) is 98.0 cm³/mol. The second-order valence-corrected chi connectivity index (χ2v) is 6.41. The van der Waals surface area contributed by atoms with Gasteiger partial charge in [0.1, 0.15) is 12.4 Å². The average Bonchev–Trinajstić information content (AvgIpc) is 3.11. The summed E-state index contributed by atoms with van der Waals surface area (Å²) in [6.45, 7) is 1.76. The van der Waals surface area contributed by atoms with Crippen molar-refractivity contribution < 1.29 is 19.4 Å².